The lowest BCUT2D eigenvalue weighted by Crippen LogP contribution is -2.23. The normalized spacial score (nSPS) is 12.8. The van der Waals surface area contributed by atoms with E-state index in [4.69, 9.17) is 4.42 Å². The summed E-state index contributed by atoms with van der Waals surface area (Å²) in [6.45, 7) is 0.232. The van der Waals surface area contributed by atoms with Crippen molar-refractivity contribution in [1.29, 1.82) is 0 Å². The Labute approximate surface area is 99.4 Å². The average Bonchev–Trinajstić information content (AvgIpc) is 2.58. The van der Waals surface area contributed by atoms with Crippen LogP contribution in [-0.2, 0) is 26.3 Å². The van der Waals surface area contributed by atoms with Crippen LogP contribution in [0.25, 0.3) is 0 Å². The number of hydrogen-bond acceptors (Lipinski definition) is 7. The molecule has 0 spiro atoms. The quantitative estimate of drug-likeness (QED) is 0.662. The lowest BCUT2D eigenvalue weighted by Gasteiger charge is -1.99. The van der Waals surface area contributed by atoms with Gasteiger partial charge in [0.15, 0.2) is 0 Å². The summed E-state index contributed by atoms with van der Waals surface area (Å²) >= 11 is 0. The Balaban J connectivity index is 2.46. The van der Waals surface area contributed by atoms with Crippen molar-refractivity contribution in [3.63, 3.8) is 0 Å². The molecule has 98 valence electrons. The first-order valence-electron chi connectivity index (χ1n) is 4.65. The van der Waals surface area contributed by atoms with E-state index in [1.54, 1.807) is 0 Å². The molecule has 1 N–H and O–H groups in total. The third-order valence-corrected chi connectivity index (χ3v) is 3.23. The van der Waals surface area contributed by atoms with Crippen LogP contribution in [0.4, 0.5) is 0 Å². The van der Waals surface area contributed by atoms with Crippen molar-refractivity contribution in [3.05, 3.63) is 5.89 Å². The van der Waals surface area contributed by atoms with E-state index in [0.29, 0.717) is 12.8 Å². The Hall–Kier alpha value is -1.00. The topological polar surface area (TPSA) is 119 Å². The van der Waals surface area contributed by atoms with Crippen LogP contribution in [0.3, 0.4) is 0 Å². The van der Waals surface area contributed by atoms with E-state index in [9.17, 15) is 16.8 Å². The van der Waals surface area contributed by atoms with E-state index in [1.165, 1.54) is 0 Å². The van der Waals surface area contributed by atoms with Gasteiger partial charge in [-0.05, 0) is 6.42 Å². The minimum atomic E-state index is -3.49. The zero-order chi connectivity index (χ0) is 13.1. The lowest BCUT2D eigenvalue weighted by atomic mass is 10.3. The molecule has 0 aliphatic heterocycles. The predicted octanol–water partition coefficient (Wildman–Crippen LogP) is -1.05. The second-order valence-corrected chi connectivity index (χ2v) is 7.23. The van der Waals surface area contributed by atoms with Crippen LogP contribution in [0, 0.1) is 0 Å². The summed E-state index contributed by atoms with van der Waals surface area (Å²) in [4.78, 5) is 0. The highest BCUT2D eigenvalue weighted by molar-refractivity contribution is 7.90. The molecule has 10 heteroatoms. The fourth-order valence-electron chi connectivity index (χ4n) is 0.986. The predicted molar refractivity (Wildman–Crippen MR) is 58.6 cm³/mol. The van der Waals surface area contributed by atoms with Gasteiger partial charge < -0.3 is 4.42 Å². The molecule has 17 heavy (non-hydrogen) atoms. The number of sulfone groups is 1. The summed E-state index contributed by atoms with van der Waals surface area (Å²) in [7, 11) is -6.70. The van der Waals surface area contributed by atoms with Crippen molar-refractivity contribution >= 4 is 19.9 Å². The molecule has 1 rings (SSSR count). The Morgan fingerprint density at radius 1 is 1.18 bits per heavy atom. The lowest BCUT2D eigenvalue weighted by molar-refractivity contribution is 0.394. The second-order valence-electron chi connectivity index (χ2n) is 3.50. The van der Waals surface area contributed by atoms with E-state index >= 15 is 0 Å². The van der Waals surface area contributed by atoms with Crippen LogP contribution in [0.2, 0.25) is 0 Å². The van der Waals surface area contributed by atoms with Gasteiger partial charge >= 0.3 is 5.22 Å². The summed E-state index contributed by atoms with van der Waals surface area (Å²) in [5, 5.41) is 6.49. The standard InChI is InChI=1S/C7H13N3O5S2/c1-16(11,12)7-10-9-6(15-7)4-3-5-8-17(2,13)14/h8H,3-5H2,1-2H3. The highest BCUT2D eigenvalue weighted by Crippen LogP contribution is 2.07. The summed E-state index contributed by atoms with van der Waals surface area (Å²) in [5.74, 6) is 0.167. The van der Waals surface area contributed by atoms with Crippen molar-refractivity contribution in [1.82, 2.24) is 14.9 Å². The number of rotatable bonds is 6. The van der Waals surface area contributed by atoms with Crippen LogP contribution in [0.15, 0.2) is 9.64 Å². The number of aryl methyl sites for hydroxylation is 1. The second kappa shape index (κ2) is 5.10. The number of aromatic nitrogens is 2. The third-order valence-electron chi connectivity index (χ3n) is 1.70. The molecule has 1 aromatic heterocycles. The first-order chi connectivity index (χ1) is 7.68. The molecular weight excluding hydrogens is 270 g/mol. The van der Waals surface area contributed by atoms with Gasteiger partial charge in [0.25, 0.3) is 0 Å². The highest BCUT2D eigenvalue weighted by Gasteiger charge is 2.16. The minimum Gasteiger partial charge on any atom is -0.413 e. The zero-order valence-corrected chi connectivity index (χ0v) is 11.0. The smallest absolute Gasteiger partial charge is 0.335 e. The molecule has 0 fully saturated rings. The maximum absolute atomic E-state index is 11.0. The van der Waals surface area contributed by atoms with Crippen LogP contribution in [-0.4, -0.2) is 46.1 Å². The number of sulfonamides is 1. The van der Waals surface area contributed by atoms with Gasteiger partial charge in [-0.25, -0.2) is 21.6 Å². The van der Waals surface area contributed by atoms with Gasteiger partial charge in [-0.1, -0.05) is 5.10 Å². The molecule has 0 aromatic carbocycles. The molecule has 1 aromatic rings. The van der Waals surface area contributed by atoms with Crippen molar-refractivity contribution < 1.29 is 21.3 Å². The maximum atomic E-state index is 11.0. The van der Waals surface area contributed by atoms with Crippen molar-refractivity contribution in [2.75, 3.05) is 19.1 Å². The molecule has 0 atom stereocenters. The molecule has 0 aliphatic carbocycles. The number of nitrogens with zero attached hydrogens (tertiary/aromatic N) is 2. The largest absolute Gasteiger partial charge is 0.413 e. The van der Waals surface area contributed by atoms with Crippen molar-refractivity contribution in [3.8, 4) is 0 Å². The monoisotopic (exact) mass is 283 g/mol. The van der Waals surface area contributed by atoms with Gasteiger partial charge in [-0.15, -0.1) is 5.10 Å². The highest BCUT2D eigenvalue weighted by atomic mass is 32.2. The summed E-state index contributed by atoms with van der Waals surface area (Å²) < 4.78 is 50.7. The van der Waals surface area contributed by atoms with E-state index in [2.05, 4.69) is 14.9 Å². The van der Waals surface area contributed by atoms with E-state index < -0.39 is 25.1 Å². The molecular formula is C7H13N3O5S2. The molecule has 0 unspecified atom stereocenters. The Kier molecular flexibility index (Phi) is 4.22. The Bertz CT molecular complexity index is 574. The number of nitrogens with one attached hydrogen (secondary N) is 1. The van der Waals surface area contributed by atoms with Crippen molar-refractivity contribution in [2.45, 2.75) is 18.1 Å². The first-order valence-corrected chi connectivity index (χ1v) is 8.44. The Morgan fingerprint density at radius 2 is 1.82 bits per heavy atom. The molecule has 0 saturated carbocycles. The molecule has 0 amide bonds. The average molecular weight is 283 g/mol. The van der Waals surface area contributed by atoms with Crippen LogP contribution in [0.1, 0.15) is 12.3 Å². The molecule has 8 nitrogen and oxygen atoms in total. The van der Waals surface area contributed by atoms with Gasteiger partial charge in [-0.3, -0.25) is 0 Å². The molecule has 0 aliphatic rings. The SMILES string of the molecule is CS(=O)(=O)NCCCc1nnc(S(C)(=O)=O)o1. The van der Waals surface area contributed by atoms with Gasteiger partial charge in [0, 0.05) is 19.2 Å². The summed E-state index contributed by atoms with van der Waals surface area (Å²) in [5.41, 5.74) is 0. The fraction of sp³-hybridized carbons (Fsp3) is 0.714. The van der Waals surface area contributed by atoms with Crippen molar-refractivity contribution in [2.24, 2.45) is 0 Å². The number of hydrogen-bond donors (Lipinski definition) is 1. The van der Waals surface area contributed by atoms with Crippen LogP contribution < -0.4 is 4.72 Å². The molecule has 0 saturated heterocycles. The summed E-state index contributed by atoms with van der Waals surface area (Å²) in [6, 6.07) is 0. The first kappa shape index (κ1) is 14.1. The van der Waals surface area contributed by atoms with Crippen LogP contribution >= 0.6 is 0 Å². The van der Waals surface area contributed by atoms with E-state index in [1.807, 2.05) is 0 Å². The minimum absolute atomic E-state index is 0.167. The van der Waals surface area contributed by atoms with E-state index in [-0.39, 0.29) is 12.4 Å². The Morgan fingerprint density at radius 3 is 2.29 bits per heavy atom. The maximum Gasteiger partial charge on any atom is 0.335 e. The zero-order valence-electron chi connectivity index (χ0n) is 9.37. The van der Waals surface area contributed by atoms with Gasteiger partial charge in [0.1, 0.15) is 0 Å². The fourth-order valence-corrected chi connectivity index (χ4v) is 1.94. The molecule has 1 heterocycles. The van der Waals surface area contributed by atoms with Crippen LogP contribution in [0.5, 0.6) is 0 Å². The molecule has 0 bridgehead atoms. The van der Waals surface area contributed by atoms with E-state index in [0.717, 1.165) is 12.5 Å². The van der Waals surface area contributed by atoms with Gasteiger partial charge in [0.2, 0.25) is 25.8 Å². The van der Waals surface area contributed by atoms with Gasteiger partial charge in [-0.2, -0.15) is 0 Å². The summed E-state index contributed by atoms with van der Waals surface area (Å²) in [6.07, 6.45) is 2.78. The molecule has 0 radical (unpaired) electrons. The van der Waals surface area contributed by atoms with Gasteiger partial charge in [0.05, 0.1) is 6.26 Å². The third kappa shape index (κ3) is 5.24.